The lowest BCUT2D eigenvalue weighted by Gasteiger charge is -2.33. The molecule has 1 fully saturated rings. The highest BCUT2D eigenvalue weighted by Crippen LogP contribution is 2.26. The van der Waals surface area contributed by atoms with Gasteiger partial charge in [0.25, 0.3) is 11.5 Å². The molecule has 0 aromatic carbocycles. The van der Waals surface area contributed by atoms with Gasteiger partial charge in [-0.2, -0.15) is 0 Å². The third kappa shape index (κ3) is 4.61. The fourth-order valence-electron chi connectivity index (χ4n) is 3.36. The van der Waals surface area contributed by atoms with Crippen molar-refractivity contribution in [2.45, 2.75) is 32.6 Å². The number of hydrogen-bond acceptors (Lipinski definition) is 7. The largest absolute Gasteiger partial charge is 0.501 e. The van der Waals surface area contributed by atoms with Crippen molar-refractivity contribution >= 4 is 17.6 Å². The molecule has 0 radical (unpaired) electrons. The average molecular weight is 418 g/mol. The second-order valence-corrected chi connectivity index (χ2v) is 7.76. The van der Waals surface area contributed by atoms with E-state index in [1.54, 1.807) is 4.90 Å². The van der Waals surface area contributed by atoms with Crippen LogP contribution in [0.1, 0.15) is 48.9 Å². The van der Waals surface area contributed by atoms with E-state index in [1.165, 1.54) is 24.1 Å². The topological polar surface area (TPSA) is 143 Å². The van der Waals surface area contributed by atoms with E-state index in [-0.39, 0.29) is 23.3 Å². The zero-order valence-corrected chi connectivity index (χ0v) is 17.2. The molecule has 11 nitrogen and oxygen atoms in total. The summed E-state index contributed by atoms with van der Waals surface area (Å²) in [6.45, 7) is 5.57. The Kier molecular flexibility index (Phi) is 6.38. The standard InChI is InChI=1S/C19H26N6O5/c1-11(2)7-20-19(29)25-6-4-5-12(9-25)16-23-14(15(26)18(28)24(16)3)17(27)22-13-8-21-30-10-13/h8,10-12,26H,4-7,9H2,1-3H3,(H,20,29)(H,22,27). The van der Waals surface area contributed by atoms with Gasteiger partial charge in [0.05, 0.1) is 6.20 Å². The van der Waals surface area contributed by atoms with Crippen molar-refractivity contribution in [3.8, 4) is 5.75 Å². The summed E-state index contributed by atoms with van der Waals surface area (Å²) < 4.78 is 5.88. The second kappa shape index (κ2) is 8.97. The fraction of sp³-hybridized carbons (Fsp3) is 0.526. The summed E-state index contributed by atoms with van der Waals surface area (Å²) >= 11 is 0. The number of piperidine rings is 1. The number of urea groups is 1. The number of likely N-dealkylation sites (tertiary alicyclic amines) is 1. The van der Waals surface area contributed by atoms with Crippen molar-refractivity contribution in [1.82, 2.24) is 24.9 Å². The van der Waals surface area contributed by atoms with Crippen LogP contribution in [0.5, 0.6) is 5.75 Å². The number of anilines is 1. The van der Waals surface area contributed by atoms with Gasteiger partial charge in [-0.1, -0.05) is 19.0 Å². The molecule has 1 unspecified atom stereocenters. The molecular weight excluding hydrogens is 392 g/mol. The molecule has 0 aliphatic carbocycles. The maximum absolute atomic E-state index is 12.5. The zero-order chi connectivity index (χ0) is 21.8. The summed E-state index contributed by atoms with van der Waals surface area (Å²) in [5.74, 6) is -1.06. The number of nitrogens with one attached hydrogen (secondary N) is 2. The van der Waals surface area contributed by atoms with E-state index in [4.69, 9.17) is 0 Å². The smallest absolute Gasteiger partial charge is 0.317 e. The third-order valence-electron chi connectivity index (χ3n) is 4.94. The Balaban J connectivity index is 1.84. The number of amides is 3. The van der Waals surface area contributed by atoms with Crippen molar-refractivity contribution < 1.29 is 19.2 Å². The van der Waals surface area contributed by atoms with Crippen molar-refractivity contribution in [2.75, 3.05) is 25.0 Å². The van der Waals surface area contributed by atoms with Crippen molar-refractivity contribution in [2.24, 2.45) is 13.0 Å². The van der Waals surface area contributed by atoms with E-state index in [0.717, 1.165) is 6.42 Å². The monoisotopic (exact) mass is 418 g/mol. The molecule has 3 N–H and O–H groups in total. The zero-order valence-electron chi connectivity index (χ0n) is 17.2. The van der Waals surface area contributed by atoms with Crippen LogP contribution in [0.2, 0.25) is 0 Å². The van der Waals surface area contributed by atoms with Gasteiger partial charge in [-0.15, -0.1) is 0 Å². The highest BCUT2D eigenvalue weighted by atomic mass is 16.5. The van der Waals surface area contributed by atoms with Gasteiger partial charge in [0, 0.05) is 32.6 Å². The molecule has 162 valence electrons. The Hall–Kier alpha value is -3.37. The Bertz CT molecular complexity index is 969. The molecule has 3 amide bonds. The van der Waals surface area contributed by atoms with Crippen LogP contribution in [-0.4, -0.2) is 56.3 Å². The van der Waals surface area contributed by atoms with Crippen molar-refractivity contribution in [1.29, 1.82) is 0 Å². The maximum Gasteiger partial charge on any atom is 0.317 e. The highest BCUT2D eigenvalue weighted by molar-refractivity contribution is 6.04. The maximum atomic E-state index is 12.5. The lowest BCUT2D eigenvalue weighted by molar-refractivity contribution is 0.101. The van der Waals surface area contributed by atoms with E-state index in [9.17, 15) is 19.5 Å². The first kappa shape index (κ1) is 21.3. The molecule has 2 aromatic heterocycles. The van der Waals surface area contributed by atoms with Gasteiger partial charge in [0.2, 0.25) is 5.75 Å². The summed E-state index contributed by atoms with van der Waals surface area (Å²) in [6, 6.07) is -0.164. The molecule has 0 spiro atoms. The number of aromatic hydroxyl groups is 1. The summed E-state index contributed by atoms with van der Waals surface area (Å²) in [7, 11) is 1.49. The van der Waals surface area contributed by atoms with Gasteiger partial charge in [-0.25, -0.2) is 9.78 Å². The van der Waals surface area contributed by atoms with E-state index < -0.39 is 17.2 Å². The summed E-state index contributed by atoms with van der Waals surface area (Å²) in [4.78, 5) is 43.5. The first-order valence-corrected chi connectivity index (χ1v) is 9.81. The number of hydrogen-bond donors (Lipinski definition) is 3. The van der Waals surface area contributed by atoms with Gasteiger partial charge in [-0.3, -0.25) is 14.2 Å². The van der Waals surface area contributed by atoms with Crippen LogP contribution in [0.3, 0.4) is 0 Å². The first-order chi connectivity index (χ1) is 14.3. The highest BCUT2D eigenvalue weighted by Gasteiger charge is 2.30. The first-order valence-electron chi connectivity index (χ1n) is 9.81. The summed E-state index contributed by atoms with van der Waals surface area (Å²) in [5, 5.41) is 19.0. The summed E-state index contributed by atoms with van der Waals surface area (Å²) in [6.07, 6.45) is 3.93. The molecule has 1 aliphatic heterocycles. The predicted octanol–water partition coefficient (Wildman–Crippen LogP) is 1.27. The normalized spacial score (nSPS) is 16.5. The van der Waals surface area contributed by atoms with Gasteiger partial charge >= 0.3 is 6.03 Å². The van der Waals surface area contributed by atoms with Crippen LogP contribution in [-0.2, 0) is 7.05 Å². The minimum atomic E-state index is -0.753. The Labute approximate surface area is 173 Å². The molecule has 2 aromatic rings. The van der Waals surface area contributed by atoms with Crippen LogP contribution < -0.4 is 16.2 Å². The van der Waals surface area contributed by atoms with Crippen LogP contribution in [0.15, 0.2) is 21.8 Å². The molecule has 1 atom stereocenters. The SMILES string of the molecule is CC(C)CNC(=O)N1CCCC(c2nc(C(=O)Nc3cnoc3)c(O)c(=O)n2C)C1. The molecule has 0 saturated carbocycles. The van der Waals surface area contributed by atoms with Crippen molar-refractivity contribution in [3.05, 3.63) is 34.3 Å². The van der Waals surface area contributed by atoms with Crippen LogP contribution in [0, 0.1) is 5.92 Å². The number of carbonyl (C=O) groups excluding carboxylic acids is 2. The molecule has 3 rings (SSSR count). The van der Waals surface area contributed by atoms with Gasteiger partial charge in [-0.05, 0) is 18.8 Å². The predicted molar refractivity (Wildman–Crippen MR) is 107 cm³/mol. The van der Waals surface area contributed by atoms with E-state index in [2.05, 4.69) is 25.3 Å². The number of rotatable bonds is 5. The van der Waals surface area contributed by atoms with Gasteiger partial charge < -0.3 is 25.2 Å². The van der Waals surface area contributed by atoms with E-state index >= 15 is 0 Å². The molecule has 11 heteroatoms. The molecule has 0 bridgehead atoms. The average Bonchev–Trinajstić information content (AvgIpc) is 3.23. The van der Waals surface area contributed by atoms with Crippen LogP contribution in [0.25, 0.3) is 0 Å². The summed E-state index contributed by atoms with van der Waals surface area (Å²) in [5.41, 5.74) is -0.832. The quantitative estimate of drug-likeness (QED) is 0.663. The molecule has 1 saturated heterocycles. The Morgan fingerprint density at radius 1 is 1.40 bits per heavy atom. The Morgan fingerprint density at radius 3 is 2.83 bits per heavy atom. The molecular formula is C19H26N6O5. The minimum absolute atomic E-state index is 0.164. The lowest BCUT2D eigenvalue weighted by Crippen LogP contribution is -2.46. The fourth-order valence-corrected chi connectivity index (χ4v) is 3.36. The van der Waals surface area contributed by atoms with Crippen molar-refractivity contribution in [3.63, 3.8) is 0 Å². The molecule has 1 aliphatic rings. The molecule has 30 heavy (non-hydrogen) atoms. The van der Waals surface area contributed by atoms with Crippen LogP contribution in [0.4, 0.5) is 10.5 Å². The number of aromatic nitrogens is 3. The second-order valence-electron chi connectivity index (χ2n) is 7.76. The minimum Gasteiger partial charge on any atom is -0.501 e. The number of carbonyl (C=O) groups is 2. The number of nitrogens with zero attached hydrogens (tertiary/aromatic N) is 4. The van der Waals surface area contributed by atoms with Gasteiger partial charge in [0.15, 0.2) is 5.69 Å². The third-order valence-corrected chi connectivity index (χ3v) is 4.94. The van der Waals surface area contributed by atoms with Gasteiger partial charge in [0.1, 0.15) is 17.8 Å². The van der Waals surface area contributed by atoms with E-state index in [0.29, 0.717) is 37.8 Å². The lowest BCUT2D eigenvalue weighted by atomic mass is 9.97. The molecule has 3 heterocycles. The Morgan fingerprint density at radius 2 is 2.17 bits per heavy atom. The van der Waals surface area contributed by atoms with Crippen LogP contribution >= 0.6 is 0 Å². The van der Waals surface area contributed by atoms with E-state index in [1.807, 2.05) is 13.8 Å².